The molecule has 20 heavy (non-hydrogen) atoms. The molecule has 0 saturated carbocycles. The summed E-state index contributed by atoms with van der Waals surface area (Å²) in [5.74, 6) is 0.226. The minimum absolute atomic E-state index is 0.0129. The summed E-state index contributed by atoms with van der Waals surface area (Å²) in [6.45, 7) is 3.00. The molecule has 0 radical (unpaired) electrons. The average molecular weight is 426 g/mol. The summed E-state index contributed by atoms with van der Waals surface area (Å²) in [5, 5.41) is 0. The number of nitrogens with zero attached hydrogens (tertiary/aromatic N) is 1. The monoisotopic (exact) mass is 424 g/mol. The molecule has 2 unspecified atom stereocenters. The first-order chi connectivity index (χ1) is 9.32. The maximum atomic E-state index is 12.8. The van der Waals surface area contributed by atoms with Gasteiger partial charge in [0.1, 0.15) is 0 Å². The Kier molecular flexibility index (Phi) is 5.29. The molecule has 2 atom stereocenters. The molecule has 1 aromatic rings. The number of benzene rings is 1. The molecule has 1 heterocycles. The Bertz CT molecular complexity index is 590. The maximum Gasteiger partial charge on any atom is 0.244 e. The van der Waals surface area contributed by atoms with E-state index >= 15 is 0 Å². The van der Waals surface area contributed by atoms with Crippen molar-refractivity contribution in [3.05, 3.63) is 27.1 Å². The largest absolute Gasteiger partial charge is 0.328 e. The first-order valence-corrected chi connectivity index (χ1v) is 9.56. The zero-order chi connectivity index (χ0) is 14.9. The minimum atomic E-state index is -3.48. The molecule has 1 saturated heterocycles. The number of halogens is 2. The van der Waals surface area contributed by atoms with E-state index in [2.05, 4.69) is 31.9 Å². The van der Waals surface area contributed by atoms with Crippen LogP contribution in [0, 0.1) is 5.92 Å². The molecule has 112 valence electrons. The smallest absolute Gasteiger partial charge is 0.244 e. The highest BCUT2D eigenvalue weighted by Crippen LogP contribution is 2.31. The van der Waals surface area contributed by atoms with Crippen molar-refractivity contribution < 1.29 is 8.42 Å². The molecule has 0 spiro atoms. The lowest BCUT2D eigenvalue weighted by molar-refractivity contribution is 0.243. The van der Waals surface area contributed by atoms with Crippen LogP contribution < -0.4 is 5.73 Å². The van der Waals surface area contributed by atoms with Gasteiger partial charge >= 0.3 is 0 Å². The molecule has 0 aliphatic carbocycles. The number of piperidine rings is 1. The fraction of sp³-hybridized carbons (Fsp3) is 0.538. The van der Waals surface area contributed by atoms with E-state index in [1.54, 1.807) is 16.4 Å². The molecule has 1 fully saturated rings. The molecular weight excluding hydrogens is 408 g/mol. The van der Waals surface area contributed by atoms with Gasteiger partial charge in [-0.05, 0) is 59.8 Å². The van der Waals surface area contributed by atoms with E-state index in [0.717, 1.165) is 17.3 Å². The van der Waals surface area contributed by atoms with Crippen molar-refractivity contribution in [3.63, 3.8) is 0 Å². The van der Waals surface area contributed by atoms with Gasteiger partial charge in [-0.15, -0.1) is 0 Å². The molecule has 1 aliphatic rings. The lowest BCUT2D eigenvalue weighted by Gasteiger charge is -2.34. The zero-order valence-electron chi connectivity index (χ0n) is 11.2. The third-order valence-electron chi connectivity index (χ3n) is 3.68. The molecule has 2 N–H and O–H groups in total. The van der Waals surface area contributed by atoms with Gasteiger partial charge in [0.2, 0.25) is 10.0 Å². The van der Waals surface area contributed by atoms with Crippen LogP contribution in [0.5, 0.6) is 0 Å². The van der Waals surface area contributed by atoms with Gasteiger partial charge in [-0.1, -0.05) is 15.9 Å². The van der Waals surface area contributed by atoms with Crippen LogP contribution in [-0.2, 0) is 10.0 Å². The molecule has 0 bridgehead atoms. The highest BCUT2D eigenvalue weighted by molar-refractivity contribution is 9.11. The van der Waals surface area contributed by atoms with Crippen molar-refractivity contribution in [2.45, 2.75) is 30.7 Å². The predicted octanol–water partition coefficient (Wildman–Crippen LogP) is 2.96. The van der Waals surface area contributed by atoms with E-state index < -0.39 is 10.0 Å². The summed E-state index contributed by atoms with van der Waals surface area (Å²) in [7, 11) is -3.48. The SMILES string of the molecule is CC(N)C1CCCN(S(=O)(=O)c2cc(Br)ccc2Br)C1. The van der Waals surface area contributed by atoms with Gasteiger partial charge < -0.3 is 5.73 Å². The fourth-order valence-electron chi connectivity index (χ4n) is 2.44. The minimum Gasteiger partial charge on any atom is -0.328 e. The lowest BCUT2D eigenvalue weighted by atomic mass is 9.93. The van der Waals surface area contributed by atoms with E-state index in [1.807, 2.05) is 13.0 Å². The van der Waals surface area contributed by atoms with E-state index in [9.17, 15) is 8.42 Å². The van der Waals surface area contributed by atoms with Gasteiger partial charge in [0.25, 0.3) is 0 Å². The van der Waals surface area contributed by atoms with Crippen molar-refractivity contribution >= 4 is 41.9 Å². The van der Waals surface area contributed by atoms with Gasteiger partial charge in [0, 0.05) is 28.1 Å². The Morgan fingerprint density at radius 3 is 2.75 bits per heavy atom. The molecular formula is C13H18Br2N2O2S. The Morgan fingerprint density at radius 1 is 1.40 bits per heavy atom. The van der Waals surface area contributed by atoms with E-state index in [0.29, 0.717) is 22.5 Å². The first-order valence-electron chi connectivity index (χ1n) is 6.53. The summed E-state index contributed by atoms with van der Waals surface area (Å²) >= 11 is 6.65. The van der Waals surface area contributed by atoms with Crippen LogP contribution in [-0.4, -0.2) is 31.9 Å². The van der Waals surface area contributed by atoms with Crippen LogP contribution in [0.15, 0.2) is 32.0 Å². The average Bonchev–Trinajstić information content (AvgIpc) is 2.41. The molecule has 7 heteroatoms. The summed E-state index contributed by atoms with van der Waals surface area (Å²) in [5.41, 5.74) is 5.93. The summed E-state index contributed by atoms with van der Waals surface area (Å²) in [6, 6.07) is 5.20. The highest BCUT2D eigenvalue weighted by Gasteiger charge is 2.32. The standard InChI is InChI=1S/C13H18Br2N2O2S/c1-9(16)10-3-2-6-17(8-10)20(18,19)13-7-11(14)4-5-12(13)15/h4-5,7,9-10H,2-3,6,8,16H2,1H3. The Labute approximate surface area is 137 Å². The Hall–Kier alpha value is 0.0500. The quantitative estimate of drug-likeness (QED) is 0.809. The highest BCUT2D eigenvalue weighted by atomic mass is 79.9. The molecule has 4 nitrogen and oxygen atoms in total. The van der Waals surface area contributed by atoms with Crippen molar-refractivity contribution in [2.24, 2.45) is 11.7 Å². The molecule has 0 amide bonds. The normalized spacial score (nSPS) is 22.7. The number of nitrogens with two attached hydrogens (primary N) is 1. The molecule has 0 aromatic heterocycles. The summed E-state index contributed by atoms with van der Waals surface area (Å²) < 4.78 is 28.4. The van der Waals surface area contributed by atoms with Crippen LogP contribution in [0.3, 0.4) is 0 Å². The second-order valence-electron chi connectivity index (χ2n) is 5.20. The second kappa shape index (κ2) is 6.44. The number of hydrogen-bond acceptors (Lipinski definition) is 3. The second-order valence-corrected chi connectivity index (χ2v) is 8.88. The molecule has 1 aromatic carbocycles. The van der Waals surface area contributed by atoms with E-state index in [-0.39, 0.29) is 12.0 Å². The van der Waals surface area contributed by atoms with Crippen molar-refractivity contribution in [1.29, 1.82) is 0 Å². The third-order valence-corrected chi connectivity index (χ3v) is 7.03. The maximum absolute atomic E-state index is 12.8. The van der Waals surface area contributed by atoms with Gasteiger partial charge in [-0.2, -0.15) is 4.31 Å². The van der Waals surface area contributed by atoms with Crippen LogP contribution in [0.2, 0.25) is 0 Å². The zero-order valence-corrected chi connectivity index (χ0v) is 15.2. The van der Waals surface area contributed by atoms with Crippen LogP contribution in [0.4, 0.5) is 0 Å². The predicted molar refractivity (Wildman–Crippen MR) is 87.0 cm³/mol. The van der Waals surface area contributed by atoms with Crippen LogP contribution in [0.25, 0.3) is 0 Å². The Balaban J connectivity index is 2.32. The van der Waals surface area contributed by atoms with Crippen molar-refractivity contribution in [1.82, 2.24) is 4.31 Å². The van der Waals surface area contributed by atoms with Gasteiger partial charge in [0.15, 0.2) is 0 Å². The van der Waals surface area contributed by atoms with E-state index in [4.69, 9.17) is 5.73 Å². The molecule has 2 rings (SSSR count). The topological polar surface area (TPSA) is 63.4 Å². The summed E-state index contributed by atoms with van der Waals surface area (Å²) in [6.07, 6.45) is 1.85. The van der Waals surface area contributed by atoms with Gasteiger partial charge in [0.05, 0.1) is 4.90 Å². The number of rotatable bonds is 3. The first kappa shape index (κ1) is 16.4. The van der Waals surface area contributed by atoms with Crippen LogP contribution in [0.1, 0.15) is 19.8 Å². The number of sulfonamides is 1. The van der Waals surface area contributed by atoms with Crippen molar-refractivity contribution in [3.8, 4) is 0 Å². The van der Waals surface area contributed by atoms with Crippen LogP contribution >= 0.6 is 31.9 Å². The fourth-order valence-corrected chi connectivity index (χ4v) is 5.43. The summed E-state index contributed by atoms with van der Waals surface area (Å²) in [4.78, 5) is 0.303. The molecule has 1 aliphatic heterocycles. The van der Waals surface area contributed by atoms with Crippen molar-refractivity contribution in [2.75, 3.05) is 13.1 Å². The van der Waals surface area contributed by atoms with Gasteiger partial charge in [-0.25, -0.2) is 8.42 Å². The Morgan fingerprint density at radius 2 is 2.10 bits per heavy atom. The lowest BCUT2D eigenvalue weighted by Crippen LogP contribution is -2.45. The van der Waals surface area contributed by atoms with E-state index in [1.165, 1.54) is 0 Å². The third kappa shape index (κ3) is 3.44. The number of hydrogen-bond donors (Lipinski definition) is 1. The van der Waals surface area contributed by atoms with Gasteiger partial charge in [-0.3, -0.25) is 0 Å².